The molecule has 1 N–H and O–H groups in total. The van der Waals surface area contributed by atoms with Crippen molar-refractivity contribution in [2.24, 2.45) is 0 Å². The molecule has 5 nitrogen and oxygen atoms in total. The molecule has 2 aliphatic rings. The van der Waals surface area contributed by atoms with Gasteiger partial charge in [-0.3, -0.25) is 4.98 Å². The van der Waals surface area contributed by atoms with Gasteiger partial charge in [0.2, 0.25) is 0 Å². The Kier molecular flexibility index (Phi) is 3.29. The third-order valence-electron chi connectivity index (χ3n) is 3.89. The van der Waals surface area contributed by atoms with Crippen molar-refractivity contribution in [1.29, 1.82) is 0 Å². The fourth-order valence-corrected chi connectivity index (χ4v) is 2.85. The first-order chi connectivity index (χ1) is 10.4. The molecule has 108 valence electrons. The summed E-state index contributed by atoms with van der Waals surface area (Å²) in [5, 5.41) is 3.43. The Morgan fingerprint density at radius 2 is 1.86 bits per heavy atom. The lowest BCUT2D eigenvalue weighted by Crippen LogP contribution is -2.18. The summed E-state index contributed by atoms with van der Waals surface area (Å²) < 4.78 is 11.4. The molecule has 1 atom stereocenters. The molecule has 1 aromatic carbocycles. The van der Waals surface area contributed by atoms with Crippen molar-refractivity contribution in [2.75, 3.05) is 18.5 Å². The Morgan fingerprint density at radius 1 is 1.05 bits per heavy atom. The molecule has 1 fully saturated rings. The van der Waals surface area contributed by atoms with Crippen LogP contribution >= 0.6 is 0 Å². The molecule has 1 unspecified atom stereocenters. The van der Waals surface area contributed by atoms with E-state index in [1.165, 1.54) is 5.56 Å². The second-order valence-corrected chi connectivity index (χ2v) is 5.35. The highest BCUT2D eigenvalue weighted by atomic mass is 16.7. The summed E-state index contributed by atoms with van der Waals surface area (Å²) in [5.74, 6) is 0.887. The van der Waals surface area contributed by atoms with Crippen molar-refractivity contribution >= 4 is 5.82 Å². The van der Waals surface area contributed by atoms with E-state index in [1.807, 2.05) is 0 Å². The minimum Gasteiger partial charge on any atom is -0.361 e. The van der Waals surface area contributed by atoms with E-state index in [0.29, 0.717) is 0 Å². The average molecular weight is 283 g/mol. The average Bonchev–Trinajstić information content (AvgIpc) is 3.00. The van der Waals surface area contributed by atoms with Crippen LogP contribution in [0.1, 0.15) is 35.6 Å². The van der Waals surface area contributed by atoms with Crippen LogP contribution in [0.4, 0.5) is 5.82 Å². The summed E-state index contributed by atoms with van der Waals surface area (Å²) in [7, 11) is 0. The molecule has 0 bridgehead atoms. The lowest BCUT2D eigenvalue weighted by molar-refractivity contribution is -0.183. The molecule has 0 saturated carbocycles. The van der Waals surface area contributed by atoms with Gasteiger partial charge < -0.3 is 14.8 Å². The molecule has 2 aliphatic heterocycles. The van der Waals surface area contributed by atoms with Crippen LogP contribution in [0.2, 0.25) is 0 Å². The van der Waals surface area contributed by atoms with Crippen LogP contribution in [0, 0.1) is 0 Å². The maximum atomic E-state index is 5.68. The van der Waals surface area contributed by atoms with E-state index in [4.69, 9.17) is 9.47 Å². The highest BCUT2D eigenvalue weighted by molar-refractivity contribution is 5.49. The van der Waals surface area contributed by atoms with Crippen molar-refractivity contribution in [1.82, 2.24) is 9.97 Å². The van der Waals surface area contributed by atoms with Gasteiger partial charge in [-0.15, -0.1) is 0 Å². The molecule has 0 spiro atoms. The number of hydrogen-bond acceptors (Lipinski definition) is 5. The molecule has 2 aromatic rings. The van der Waals surface area contributed by atoms with Crippen molar-refractivity contribution in [3.63, 3.8) is 0 Å². The molecular formula is C16H17N3O2. The predicted octanol–water partition coefficient (Wildman–Crippen LogP) is 2.62. The lowest BCUT2D eigenvalue weighted by Gasteiger charge is -2.24. The zero-order valence-electron chi connectivity index (χ0n) is 11.7. The van der Waals surface area contributed by atoms with Gasteiger partial charge in [-0.2, -0.15) is 0 Å². The van der Waals surface area contributed by atoms with E-state index in [9.17, 15) is 0 Å². The molecular weight excluding hydrogens is 266 g/mol. The van der Waals surface area contributed by atoms with Gasteiger partial charge in [0.15, 0.2) is 6.29 Å². The highest BCUT2D eigenvalue weighted by Crippen LogP contribution is 2.33. The minimum absolute atomic E-state index is 0.214. The summed E-state index contributed by atoms with van der Waals surface area (Å²) >= 11 is 0. The lowest BCUT2D eigenvalue weighted by atomic mass is 10.0. The van der Waals surface area contributed by atoms with Crippen LogP contribution in [0.5, 0.6) is 0 Å². The standard InChI is InChI=1S/C16H17N3O2/c1-3-11(9-12(4-1)16-20-7-2-8-21-16)13-10-14-15(19-13)18-6-5-17-14/h1,3-6,9,13,16H,2,7-8,10H2,(H,18,19). The van der Waals surface area contributed by atoms with Crippen molar-refractivity contribution < 1.29 is 9.47 Å². The summed E-state index contributed by atoms with van der Waals surface area (Å²) in [6, 6.07) is 8.59. The van der Waals surface area contributed by atoms with Gasteiger partial charge in [0.25, 0.3) is 0 Å². The molecule has 4 rings (SSSR count). The summed E-state index contributed by atoms with van der Waals surface area (Å²) in [6.45, 7) is 1.52. The van der Waals surface area contributed by atoms with Crippen LogP contribution in [0.15, 0.2) is 36.7 Å². The van der Waals surface area contributed by atoms with Gasteiger partial charge in [0.05, 0.1) is 24.9 Å². The summed E-state index contributed by atoms with van der Waals surface area (Å²) in [6.07, 6.45) is 5.04. The molecule has 1 saturated heterocycles. The topological polar surface area (TPSA) is 56.3 Å². The number of anilines is 1. The minimum atomic E-state index is -0.237. The molecule has 5 heteroatoms. The Balaban J connectivity index is 1.56. The maximum absolute atomic E-state index is 5.68. The maximum Gasteiger partial charge on any atom is 0.183 e. The number of rotatable bonds is 2. The summed E-state index contributed by atoms with van der Waals surface area (Å²) in [4.78, 5) is 8.70. The van der Waals surface area contributed by atoms with Crippen molar-refractivity contribution in [2.45, 2.75) is 25.2 Å². The first-order valence-electron chi connectivity index (χ1n) is 7.29. The third kappa shape index (κ3) is 2.50. The number of benzene rings is 1. The molecule has 0 amide bonds. The molecule has 1 aromatic heterocycles. The second-order valence-electron chi connectivity index (χ2n) is 5.35. The van der Waals surface area contributed by atoms with Crippen LogP contribution in [0.3, 0.4) is 0 Å². The first kappa shape index (κ1) is 12.7. The van der Waals surface area contributed by atoms with Gasteiger partial charge in [-0.05, 0) is 18.1 Å². The Hall–Kier alpha value is -1.98. The first-order valence-corrected chi connectivity index (χ1v) is 7.29. The third-order valence-corrected chi connectivity index (χ3v) is 3.89. The highest BCUT2D eigenvalue weighted by Gasteiger charge is 2.25. The fraction of sp³-hybridized carbons (Fsp3) is 0.375. The second kappa shape index (κ2) is 5.42. The van der Waals surface area contributed by atoms with E-state index in [2.05, 4.69) is 39.6 Å². The van der Waals surface area contributed by atoms with E-state index in [-0.39, 0.29) is 12.3 Å². The Labute approximate surface area is 123 Å². The van der Waals surface area contributed by atoms with E-state index >= 15 is 0 Å². The van der Waals surface area contributed by atoms with Crippen LogP contribution in [-0.4, -0.2) is 23.2 Å². The SMILES string of the molecule is c1cc(C2Cc3nccnc3N2)cc(C2OCCCO2)c1. The quantitative estimate of drug-likeness (QED) is 0.918. The van der Waals surface area contributed by atoms with Gasteiger partial charge in [-0.25, -0.2) is 4.98 Å². The van der Waals surface area contributed by atoms with Gasteiger partial charge >= 0.3 is 0 Å². The molecule has 0 aliphatic carbocycles. The molecule has 3 heterocycles. The smallest absolute Gasteiger partial charge is 0.183 e. The number of nitrogens with one attached hydrogen (secondary N) is 1. The number of fused-ring (bicyclic) bond motifs is 1. The zero-order valence-corrected chi connectivity index (χ0v) is 11.7. The van der Waals surface area contributed by atoms with Crippen molar-refractivity contribution in [3.8, 4) is 0 Å². The van der Waals surface area contributed by atoms with Crippen LogP contribution in [-0.2, 0) is 15.9 Å². The monoisotopic (exact) mass is 283 g/mol. The van der Waals surface area contributed by atoms with Gasteiger partial charge in [0.1, 0.15) is 5.82 Å². The predicted molar refractivity (Wildman–Crippen MR) is 77.8 cm³/mol. The normalized spacial score (nSPS) is 21.8. The molecule has 21 heavy (non-hydrogen) atoms. The van der Waals surface area contributed by atoms with Crippen LogP contribution < -0.4 is 5.32 Å². The van der Waals surface area contributed by atoms with Crippen molar-refractivity contribution in [3.05, 3.63) is 53.5 Å². The summed E-state index contributed by atoms with van der Waals surface area (Å²) in [5.41, 5.74) is 3.31. The zero-order chi connectivity index (χ0) is 14.1. The largest absolute Gasteiger partial charge is 0.361 e. The van der Waals surface area contributed by atoms with Gasteiger partial charge in [0, 0.05) is 24.4 Å². The number of hydrogen-bond donors (Lipinski definition) is 1. The number of ether oxygens (including phenoxy) is 2. The number of aromatic nitrogens is 2. The van der Waals surface area contributed by atoms with Crippen LogP contribution in [0.25, 0.3) is 0 Å². The van der Waals surface area contributed by atoms with Gasteiger partial charge in [-0.1, -0.05) is 18.2 Å². The Bertz CT molecular complexity index is 616. The Morgan fingerprint density at radius 3 is 2.71 bits per heavy atom. The number of nitrogens with zero attached hydrogens (tertiary/aromatic N) is 2. The molecule has 0 radical (unpaired) electrons. The van der Waals surface area contributed by atoms with E-state index in [0.717, 1.165) is 43.1 Å². The fourth-order valence-electron chi connectivity index (χ4n) is 2.85. The van der Waals surface area contributed by atoms with E-state index < -0.39 is 0 Å². The van der Waals surface area contributed by atoms with E-state index in [1.54, 1.807) is 12.4 Å².